The molecule has 1 unspecified atom stereocenters. The topological polar surface area (TPSA) is 24.5 Å². The summed E-state index contributed by atoms with van der Waals surface area (Å²) in [6.07, 6.45) is 4.19. The smallest absolute Gasteiger partial charge is 0.0599 e. The first kappa shape index (κ1) is 13.9. The quantitative estimate of drug-likeness (QED) is 0.673. The minimum absolute atomic E-state index is 0.516. The van der Waals surface area contributed by atoms with Crippen molar-refractivity contribution in [1.82, 2.24) is 10.2 Å². The molecule has 0 aromatic carbocycles. The molecule has 1 heterocycles. The third-order valence-corrected chi connectivity index (χ3v) is 3.49. The summed E-state index contributed by atoms with van der Waals surface area (Å²) in [7, 11) is 0. The van der Waals surface area contributed by atoms with Gasteiger partial charge in [0.25, 0.3) is 0 Å². The molecule has 1 saturated heterocycles. The van der Waals surface area contributed by atoms with Crippen LogP contribution in [-0.2, 0) is 4.74 Å². The van der Waals surface area contributed by atoms with E-state index in [2.05, 4.69) is 31.0 Å². The molecule has 1 atom stereocenters. The number of ether oxygens (including phenoxy) is 1. The van der Waals surface area contributed by atoms with Gasteiger partial charge in [-0.25, -0.2) is 0 Å². The van der Waals surface area contributed by atoms with Crippen molar-refractivity contribution in [2.24, 2.45) is 0 Å². The van der Waals surface area contributed by atoms with E-state index >= 15 is 0 Å². The summed E-state index contributed by atoms with van der Waals surface area (Å²) in [5.74, 6) is 0. The van der Waals surface area contributed by atoms with Crippen LogP contribution in [0.5, 0.6) is 0 Å². The van der Waals surface area contributed by atoms with E-state index in [9.17, 15) is 0 Å². The molecule has 0 aromatic rings. The molecule has 0 aromatic heterocycles. The van der Waals surface area contributed by atoms with Crippen molar-refractivity contribution < 1.29 is 4.74 Å². The molecule has 1 aliphatic heterocycles. The molecule has 0 bridgehead atoms. The Labute approximate surface area is 101 Å². The van der Waals surface area contributed by atoms with Crippen LogP contribution in [0.25, 0.3) is 0 Å². The number of piperidine rings is 1. The van der Waals surface area contributed by atoms with E-state index in [1.54, 1.807) is 0 Å². The molecular formula is C13H28N2O. The molecule has 1 rings (SSSR count). The zero-order valence-corrected chi connectivity index (χ0v) is 11.2. The SMILES string of the molecule is CCNCCC(C)N1CCC(OCC)CC1. The van der Waals surface area contributed by atoms with Crippen LogP contribution in [0, 0.1) is 0 Å². The van der Waals surface area contributed by atoms with Crippen molar-refractivity contribution in [3.05, 3.63) is 0 Å². The molecule has 0 aliphatic carbocycles. The van der Waals surface area contributed by atoms with Crippen LogP contribution in [0.3, 0.4) is 0 Å². The minimum Gasteiger partial charge on any atom is -0.378 e. The lowest BCUT2D eigenvalue weighted by Crippen LogP contribution is -2.43. The van der Waals surface area contributed by atoms with Gasteiger partial charge in [0.15, 0.2) is 0 Å². The maximum atomic E-state index is 5.67. The standard InChI is InChI=1S/C13H28N2O/c1-4-14-9-6-12(3)15-10-7-13(8-11-15)16-5-2/h12-14H,4-11H2,1-3H3. The molecule has 96 valence electrons. The predicted octanol–water partition coefficient (Wildman–Crippen LogP) is 1.88. The first-order valence-electron chi connectivity index (χ1n) is 6.84. The highest BCUT2D eigenvalue weighted by Gasteiger charge is 2.22. The van der Waals surface area contributed by atoms with Crippen LogP contribution in [-0.4, -0.2) is 49.8 Å². The summed E-state index contributed by atoms with van der Waals surface area (Å²) in [6, 6.07) is 0.710. The largest absolute Gasteiger partial charge is 0.378 e. The minimum atomic E-state index is 0.516. The summed E-state index contributed by atoms with van der Waals surface area (Å²) in [5, 5.41) is 3.40. The van der Waals surface area contributed by atoms with Crippen molar-refractivity contribution in [2.45, 2.75) is 52.2 Å². The number of nitrogens with one attached hydrogen (secondary N) is 1. The maximum absolute atomic E-state index is 5.67. The molecular weight excluding hydrogens is 200 g/mol. The molecule has 1 fully saturated rings. The van der Waals surface area contributed by atoms with Gasteiger partial charge in [0.05, 0.1) is 6.10 Å². The van der Waals surface area contributed by atoms with Crippen LogP contribution in [0.1, 0.15) is 40.0 Å². The molecule has 0 radical (unpaired) electrons. The Morgan fingerprint density at radius 3 is 2.56 bits per heavy atom. The van der Waals surface area contributed by atoms with Crippen LogP contribution in [0.15, 0.2) is 0 Å². The normalized spacial score (nSPS) is 21.2. The fourth-order valence-corrected chi connectivity index (χ4v) is 2.39. The second-order valence-corrected chi connectivity index (χ2v) is 4.68. The Morgan fingerprint density at radius 2 is 2.00 bits per heavy atom. The van der Waals surface area contributed by atoms with Gasteiger partial charge in [-0.3, -0.25) is 0 Å². The van der Waals surface area contributed by atoms with Crippen molar-refractivity contribution in [3.8, 4) is 0 Å². The van der Waals surface area contributed by atoms with Crippen molar-refractivity contribution in [2.75, 3.05) is 32.8 Å². The third-order valence-electron chi connectivity index (χ3n) is 3.49. The van der Waals surface area contributed by atoms with Gasteiger partial charge in [-0.1, -0.05) is 6.92 Å². The fourth-order valence-electron chi connectivity index (χ4n) is 2.39. The van der Waals surface area contributed by atoms with Gasteiger partial charge in [-0.05, 0) is 46.2 Å². The molecule has 3 heteroatoms. The Morgan fingerprint density at radius 1 is 1.31 bits per heavy atom. The Balaban J connectivity index is 2.14. The average molecular weight is 228 g/mol. The predicted molar refractivity (Wildman–Crippen MR) is 68.8 cm³/mol. The van der Waals surface area contributed by atoms with E-state index in [4.69, 9.17) is 4.74 Å². The van der Waals surface area contributed by atoms with Gasteiger partial charge >= 0.3 is 0 Å². The summed E-state index contributed by atoms with van der Waals surface area (Å²) in [5.41, 5.74) is 0. The number of nitrogens with zero attached hydrogens (tertiary/aromatic N) is 1. The first-order chi connectivity index (χ1) is 7.77. The van der Waals surface area contributed by atoms with E-state index < -0.39 is 0 Å². The molecule has 0 amide bonds. The average Bonchev–Trinajstić information content (AvgIpc) is 2.30. The molecule has 0 saturated carbocycles. The van der Waals surface area contributed by atoms with E-state index in [-0.39, 0.29) is 0 Å². The van der Waals surface area contributed by atoms with Crippen molar-refractivity contribution >= 4 is 0 Å². The molecule has 1 N–H and O–H groups in total. The summed E-state index contributed by atoms with van der Waals surface area (Å²) >= 11 is 0. The van der Waals surface area contributed by atoms with Crippen molar-refractivity contribution in [1.29, 1.82) is 0 Å². The number of rotatable bonds is 7. The van der Waals surface area contributed by atoms with Crippen LogP contribution in [0.2, 0.25) is 0 Å². The van der Waals surface area contributed by atoms with E-state index in [0.717, 1.165) is 19.7 Å². The van der Waals surface area contributed by atoms with Crippen LogP contribution >= 0.6 is 0 Å². The molecule has 1 aliphatic rings. The Bertz CT molecular complexity index is 167. The van der Waals surface area contributed by atoms with E-state index in [1.165, 1.54) is 32.4 Å². The van der Waals surface area contributed by atoms with Gasteiger partial charge in [0.2, 0.25) is 0 Å². The van der Waals surface area contributed by atoms with Crippen LogP contribution < -0.4 is 5.32 Å². The second kappa shape index (κ2) is 8.04. The highest BCUT2D eigenvalue weighted by atomic mass is 16.5. The molecule has 0 spiro atoms. The highest BCUT2D eigenvalue weighted by molar-refractivity contribution is 4.77. The van der Waals surface area contributed by atoms with Gasteiger partial charge in [-0.2, -0.15) is 0 Å². The number of hydrogen-bond acceptors (Lipinski definition) is 3. The lowest BCUT2D eigenvalue weighted by Gasteiger charge is -2.35. The highest BCUT2D eigenvalue weighted by Crippen LogP contribution is 2.16. The monoisotopic (exact) mass is 228 g/mol. The van der Waals surface area contributed by atoms with E-state index in [0.29, 0.717) is 12.1 Å². The fraction of sp³-hybridized carbons (Fsp3) is 1.00. The van der Waals surface area contributed by atoms with Crippen LogP contribution in [0.4, 0.5) is 0 Å². The van der Waals surface area contributed by atoms with Gasteiger partial charge < -0.3 is 15.0 Å². The zero-order valence-electron chi connectivity index (χ0n) is 11.2. The second-order valence-electron chi connectivity index (χ2n) is 4.68. The first-order valence-corrected chi connectivity index (χ1v) is 6.84. The Kier molecular flexibility index (Phi) is 7.01. The maximum Gasteiger partial charge on any atom is 0.0599 e. The number of likely N-dealkylation sites (tertiary alicyclic amines) is 1. The summed E-state index contributed by atoms with van der Waals surface area (Å²) < 4.78 is 5.67. The Hall–Kier alpha value is -0.120. The van der Waals surface area contributed by atoms with Gasteiger partial charge in [0, 0.05) is 25.7 Å². The molecule has 3 nitrogen and oxygen atoms in total. The summed E-state index contributed by atoms with van der Waals surface area (Å²) in [4.78, 5) is 2.60. The number of hydrogen-bond donors (Lipinski definition) is 1. The molecule has 16 heavy (non-hydrogen) atoms. The van der Waals surface area contributed by atoms with Gasteiger partial charge in [-0.15, -0.1) is 0 Å². The lowest BCUT2D eigenvalue weighted by molar-refractivity contribution is 0.00509. The zero-order chi connectivity index (χ0) is 11.8. The van der Waals surface area contributed by atoms with Gasteiger partial charge in [0.1, 0.15) is 0 Å². The third kappa shape index (κ3) is 4.81. The van der Waals surface area contributed by atoms with Crippen molar-refractivity contribution in [3.63, 3.8) is 0 Å². The van der Waals surface area contributed by atoms with E-state index in [1.807, 2.05) is 0 Å². The summed E-state index contributed by atoms with van der Waals surface area (Å²) in [6.45, 7) is 12.1. The lowest BCUT2D eigenvalue weighted by atomic mass is 10.0.